The van der Waals surface area contributed by atoms with Crippen LogP contribution in [0, 0.1) is 11.6 Å². The van der Waals surface area contributed by atoms with Gasteiger partial charge in [-0.1, -0.05) is 55.3 Å². The second-order valence-corrected chi connectivity index (χ2v) is 8.52. The average Bonchev–Trinajstić information content (AvgIpc) is 2.81. The van der Waals surface area contributed by atoms with Gasteiger partial charge in [-0.05, 0) is 54.0 Å². The third kappa shape index (κ3) is 5.46. The van der Waals surface area contributed by atoms with Crippen LogP contribution < -0.4 is 0 Å². The maximum Gasteiger partial charge on any atom is 0.184 e. The summed E-state index contributed by atoms with van der Waals surface area (Å²) in [6, 6.07) is 13.9. The summed E-state index contributed by atoms with van der Waals surface area (Å²) in [7, 11) is 0. The Balaban J connectivity index is 1.41. The normalized spacial score (nSPS) is 18.9. The molecule has 1 saturated heterocycles. The summed E-state index contributed by atoms with van der Waals surface area (Å²) in [5.41, 5.74) is 2.23. The SMILES string of the molecule is CCCCOC1COC(c2ccc3c(F)c(CCc4ccc(Cl)c(F)c4)ccc3c2)OC1. The minimum absolute atomic E-state index is 0.0487. The van der Waals surface area contributed by atoms with E-state index in [1.54, 1.807) is 18.2 Å². The van der Waals surface area contributed by atoms with Gasteiger partial charge in [-0.25, -0.2) is 8.78 Å². The van der Waals surface area contributed by atoms with Crippen molar-refractivity contribution < 1.29 is 23.0 Å². The molecule has 3 nitrogen and oxygen atoms in total. The van der Waals surface area contributed by atoms with E-state index in [0.717, 1.165) is 29.4 Å². The molecule has 1 aliphatic heterocycles. The van der Waals surface area contributed by atoms with Crippen LogP contribution in [0.4, 0.5) is 8.78 Å². The van der Waals surface area contributed by atoms with Crippen LogP contribution in [0.3, 0.4) is 0 Å². The summed E-state index contributed by atoms with van der Waals surface area (Å²) in [6.45, 7) is 3.79. The number of unbranched alkanes of at least 4 members (excludes halogenated alkanes) is 1. The molecule has 0 bridgehead atoms. The fraction of sp³-hybridized carbons (Fsp3) is 0.385. The van der Waals surface area contributed by atoms with E-state index in [1.807, 2.05) is 18.2 Å². The summed E-state index contributed by atoms with van der Waals surface area (Å²) in [4.78, 5) is 0. The average molecular weight is 461 g/mol. The highest BCUT2D eigenvalue weighted by molar-refractivity contribution is 6.30. The number of hydrogen-bond acceptors (Lipinski definition) is 3. The molecule has 1 heterocycles. The zero-order valence-electron chi connectivity index (χ0n) is 18.1. The lowest BCUT2D eigenvalue weighted by atomic mass is 9.99. The minimum atomic E-state index is -0.479. The first kappa shape index (κ1) is 23.1. The van der Waals surface area contributed by atoms with Crippen molar-refractivity contribution in [3.05, 3.63) is 81.9 Å². The van der Waals surface area contributed by atoms with Crippen molar-refractivity contribution in [2.75, 3.05) is 19.8 Å². The summed E-state index contributed by atoms with van der Waals surface area (Å²) in [5, 5.41) is 1.42. The molecule has 0 spiro atoms. The largest absolute Gasteiger partial charge is 0.373 e. The molecule has 3 aromatic rings. The molecule has 1 fully saturated rings. The highest BCUT2D eigenvalue weighted by Gasteiger charge is 2.24. The lowest BCUT2D eigenvalue weighted by Gasteiger charge is -2.29. The molecule has 32 heavy (non-hydrogen) atoms. The molecule has 4 rings (SSSR count). The van der Waals surface area contributed by atoms with E-state index < -0.39 is 12.1 Å². The molecular formula is C26H27ClF2O3. The van der Waals surface area contributed by atoms with E-state index in [9.17, 15) is 4.39 Å². The van der Waals surface area contributed by atoms with Gasteiger partial charge in [0.1, 0.15) is 17.7 Å². The number of aryl methyl sites for hydroxylation is 2. The fourth-order valence-corrected chi connectivity index (χ4v) is 3.96. The van der Waals surface area contributed by atoms with Crippen LogP contribution in [-0.2, 0) is 27.1 Å². The second-order valence-electron chi connectivity index (χ2n) is 8.11. The van der Waals surface area contributed by atoms with Crippen molar-refractivity contribution in [1.82, 2.24) is 0 Å². The predicted octanol–water partition coefficient (Wildman–Crippen LogP) is 6.79. The van der Waals surface area contributed by atoms with Crippen molar-refractivity contribution in [3.63, 3.8) is 0 Å². The van der Waals surface area contributed by atoms with Crippen LogP contribution in [0.1, 0.15) is 42.7 Å². The summed E-state index contributed by atoms with van der Waals surface area (Å²) >= 11 is 5.73. The quantitative estimate of drug-likeness (QED) is 0.346. The number of halogens is 3. The standard InChI is InChI=1S/C26H27ClF2O3/c1-2-3-12-30-21-15-31-26(32-16-21)20-9-10-22-19(14-20)8-7-18(25(22)29)6-4-17-5-11-23(27)24(28)13-17/h5,7-11,13-14,21,26H,2-4,6,12,15-16H2,1H3. The lowest BCUT2D eigenvalue weighted by molar-refractivity contribution is -0.230. The fourth-order valence-electron chi connectivity index (χ4n) is 3.84. The van der Waals surface area contributed by atoms with E-state index in [1.165, 1.54) is 12.1 Å². The summed E-state index contributed by atoms with van der Waals surface area (Å²) < 4.78 is 46.2. The Hall–Kier alpha value is -2.05. The van der Waals surface area contributed by atoms with Gasteiger partial charge in [0.05, 0.1) is 18.2 Å². The lowest BCUT2D eigenvalue weighted by Crippen LogP contribution is -2.33. The van der Waals surface area contributed by atoms with Crippen LogP contribution in [0.15, 0.2) is 48.5 Å². The molecular weight excluding hydrogens is 434 g/mol. The topological polar surface area (TPSA) is 27.7 Å². The maximum atomic E-state index is 15.1. The van der Waals surface area contributed by atoms with Gasteiger partial charge in [-0.3, -0.25) is 0 Å². The molecule has 0 amide bonds. The summed E-state index contributed by atoms with van der Waals surface area (Å²) in [6.07, 6.45) is 2.58. The predicted molar refractivity (Wildman–Crippen MR) is 122 cm³/mol. The Morgan fingerprint density at radius 3 is 2.56 bits per heavy atom. The smallest absolute Gasteiger partial charge is 0.184 e. The second kappa shape index (κ2) is 10.7. The van der Waals surface area contributed by atoms with Gasteiger partial charge in [-0.2, -0.15) is 0 Å². The van der Waals surface area contributed by atoms with Crippen molar-refractivity contribution in [2.45, 2.75) is 45.0 Å². The van der Waals surface area contributed by atoms with Gasteiger partial charge in [0.15, 0.2) is 6.29 Å². The number of rotatable bonds is 8. The Kier molecular flexibility index (Phi) is 7.74. The molecule has 3 aromatic carbocycles. The highest BCUT2D eigenvalue weighted by Crippen LogP contribution is 2.29. The number of fused-ring (bicyclic) bond motifs is 1. The molecule has 0 atom stereocenters. The molecule has 0 saturated carbocycles. The zero-order chi connectivity index (χ0) is 22.5. The minimum Gasteiger partial charge on any atom is -0.373 e. The van der Waals surface area contributed by atoms with Crippen molar-refractivity contribution in [3.8, 4) is 0 Å². The Labute approximate surface area is 192 Å². The third-order valence-corrected chi connectivity index (χ3v) is 6.02. The van der Waals surface area contributed by atoms with Crippen LogP contribution in [0.5, 0.6) is 0 Å². The van der Waals surface area contributed by atoms with Crippen LogP contribution >= 0.6 is 11.6 Å². The van der Waals surface area contributed by atoms with Crippen LogP contribution in [-0.4, -0.2) is 25.9 Å². The molecule has 0 aromatic heterocycles. The number of hydrogen-bond donors (Lipinski definition) is 0. The molecule has 0 aliphatic carbocycles. The van der Waals surface area contributed by atoms with Gasteiger partial charge < -0.3 is 14.2 Å². The summed E-state index contributed by atoms with van der Waals surface area (Å²) in [5.74, 6) is -0.708. The Bertz CT molecular complexity index is 1060. The van der Waals surface area contributed by atoms with Crippen molar-refractivity contribution >= 4 is 22.4 Å². The molecule has 170 valence electrons. The molecule has 0 N–H and O–H groups in total. The molecule has 0 unspecified atom stereocenters. The Morgan fingerprint density at radius 2 is 1.81 bits per heavy atom. The third-order valence-electron chi connectivity index (χ3n) is 5.72. The van der Waals surface area contributed by atoms with Gasteiger partial charge >= 0.3 is 0 Å². The van der Waals surface area contributed by atoms with Gasteiger partial charge in [0.2, 0.25) is 0 Å². The first-order valence-electron chi connectivity index (χ1n) is 11.0. The first-order valence-corrected chi connectivity index (χ1v) is 11.4. The van der Waals surface area contributed by atoms with E-state index in [0.29, 0.717) is 43.6 Å². The highest BCUT2D eigenvalue weighted by atomic mass is 35.5. The van der Waals surface area contributed by atoms with Crippen LogP contribution in [0.2, 0.25) is 5.02 Å². The number of ether oxygens (including phenoxy) is 3. The van der Waals surface area contributed by atoms with E-state index in [2.05, 4.69) is 6.92 Å². The van der Waals surface area contributed by atoms with E-state index >= 15 is 4.39 Å². The van der Waals surface area contributed by atoms with E-state index in [-0.39, 0.29) is 16.9 Å². The molecule has 6 heteroatoms. The van der Waals surface area contributed by atoms with Crippen molar-refractivity contribution in [1.29, 1.82) is 0 Å². The Morgan fingerprint density at radius 1 is 1.00 bits per heavy atom. The monoisotopic (exact) mass is 460 g/mol. The first-order chi connectivity index (χ1) is 15.5. The van der Waals surface area contributed by atoms with Crippen LogP contribution in [0.25, 0.3) is 10.8 Å². The zero-order valence-corrected chi connectivity index (χ0v) is 18.8. The molecule has 1 aliphatic rings. The van der Waals surface area contributed by atoms with E-state index in [4.69, 9.17) is 25.8 Å². The van der Waals surface area contributed by atoms with Gasteiger partial charge in [-0.15, -0.1) is 0 Å². The van der Waals surface area contributed by atoms with Gasteiger partial charge in [0, 0.05) is 17.6 Å². The molecule has 0 radical (unpaired) electrons. The van der Waals surface area contributed by atoms with Gasteiger partial charge in [0.25, 0.3) is 0 Å². The number of benzene rings is 3. The van der Waals surface area contributed by atoms with Crippen molar-refractivity contribution in [2.24, 2.45) is 0 Å². The maximum absolute atomic E-state index is 15.1.